The fourth-order valence-corrected chi connectivity index (χ4v) is 1.76. The van der Waals surface area contributed by atoms with Crippen molar-refractivity contribution in [3.63, 3.8) is 0 Å². The zero-order chi connectivity index (χ0) is 9.26. The lowest BCUT2D eigenvalue weighted by Gasteiger charge is -2.01. The first-order valence-corrected chi connectivity index (χ1v) is 4.52. The van der Waals surface area contributed by atoms with Crippen molar-refractivity contribution < 1.29 is 4.84 Å². The van der Waals surface area contributed by atoms with Crippen LogP contribution in [0.15, 0.2) is 18.2 Å². The van der Waals surface area contributed by atoms with Crippen LogP contribution in [0.25, 0.3) is 10.9 Å². The summed E-state index contributed by atoms with van der Waals surface area (Å²) < 4.78 is 4.17. The molecule has 0 aliphatic heterocycles. The first-order chi connectivity index (χ1) is 6.31. The van der Waals surface area contributed by atoms with Crippen LogP contribution in [0.5, 0.6) is 0 Å². The summed E-state index contributed by atoms with van der Waals surface area (Å²) in [5.74, 6) is 0. The third kappa shape index (κ3) is 1.43. The second-order valence-electron chi connectivity index (χ2n) is 2.58. The maximum absolute atomic E-state index is 5.73. The molecular formula is C8H9N3OS. The van der Waals surface area contributed by atoms with Crippen LogP contribution in [0.1, 0.15) is 0 Å². The van der Waals surface area contributed by atoms with Crippen molar-refractivity contribution in [2.75, 3.05) is 18.3 Å². The molecule has 0 saturated heterocycles. The Morgan fingerprint density at radius 2 is 2.38 bits per heavy atom. The van der Waals surface area contributed by atoms with Crippen LogP contribution in [-0.2, 0) is 4.84 Å². The van der Waals surface area contributed by atoms with Gasteiger partial charge in [0.05, 0.1) is 18.3 Å². The lowest BCUT2D eigenvalue weighted by Crippen LogP contribution is -1.94. The summed E-state index contributed by atoms with van der Waals surface area (Å²) in [6.45, 7) is 0. The van der Waals surface area contributed by atoms with Gasteiger partial charge in [-0.15, -0.1) is 0 Å². The molecule has 4 nitrogen and oxygen atoms in total. The number of fused-ring (bicyclic) bond motifs is 1. The van der Waals surface area contributed by atoms with Gasteiger partial charge in [0.15, 0.2) is 0 Å². The lowest BCUT2D eigenvalue weighted by molar-refractivity contribution is 0.271. The maximum Gasteiger partial charge on any atom is 0.114 e. The molecule has 3 N–H and O–H groups in total. The van der Waals surface area contributed by atoms with Crippen LogP contribution in [0.3, 0.4) is 0 Å². The van der Waals surface area contributed by atoms with E-state index in [4.69, 9.17) is 10.6 Å². The molecule has 0 spiro atoms. The Morgan fingerprint density at radius 1 is 1.54 bits per heavy atom. The zero-order valence-electron chi connectivity index (χ0n) is 7.07. The molecule has 0 saturated carbocycles. The van der Waals surface area contributed by atoms with Crippen molar-refractivity contribution in [1.82, 2.24) is 4.37 Å². The number of aromatic nitrogens is 1. The summed E-state index contributed by atoms with van der Waals surface area (Å²) in [5, 5.41) is 1.70. The number of rotatable bonds is 2. The molecule has 0 radical (unpaired) electrons. The van der Waals surface area contributed by atoms with Crippen LogP contribution < -0.4 is 11.2 Å². The molecule has 1 aromatic heterocycles. The van der Waals surface area contributed by atoms with E-state index in [1.807, 2.05) is 18.2 Å². The molecule has 1 heterocycles. The van der Waals surface area contributed by atoms with Gasteiger partial charge in [0, 0.05) is 5.39 Å². The molecule has 5 heteroatoms. The van der Waals surface area contributed by atoms with E-state index >= 15 is 0 Å². The first kappa shape index (κ1) is 8.28. The molecule has 68 valence electrons. The Labute approximate surface area is 79.4 Å². The van der Waals surface area contributed by atoms with Crippen LogP contribution in [-0.4, -0.2) is 11.5 Å². The smallest absolute Gasteiger partial charge is 0.114 e. The van der Waals surface area contributed by atoms with Crippen LogP contribution >= 0.6 is 11.5 Å². The maximum atomic E-state index is 5.73. The van der Waals surface area contributed by atoms with Crippen molar-refractivity contribution in [1.29, 1.82) is 0 Å². The van der Waals surface area contributed by atoms with Gasteiger partial charge in [-0.25, -0.2) is 0 Å². The standard InChI is InChI=1S/C8H9N3OS/c1-12-10-5-2-3-7-6(4-5)8(9)13-11-7/h2-4,10H,9H2,1H3. The summed E-state index contributed by atoms with van der Waals surface area (Å²) in [7, 11) is 1.57. The molecule has 0 amide bonds. The number of nitrogens with zero attached hydrogens (tertiary/aromatic N) is 1. The highest BCUT2D eigenvalue weighted by molar-refractivity contribution is 7.11. The summed E-state index contributed by atoms with van der Waals surface area (Å²) in [4.78, 5) is 4.79. The van der Waals surface area contributed by atoms with Crippen LogP contribution in [0.4, 0.5) is 10.7 Å². The highest BCUT2D eigenvalue weighted by atomic mass is 32.1. The number of nitrogens with two attached hydrogens (primary N) is 1. The van der Waals surface area contributed by atoms with Gasteiger partial charge >= 0.3 is 0 Å². The molecule has 1 aromatic carbocycles. The SMILES string of the molecule is CONc1ccc2nsc(N)c2c1. The van der Waals surface area contributed by atoms with Crippen LogP contribution in [0.2, 0.25) is 0 Å². The van der Waals surface area contributed by atoms with Crippen LogP contribution in [0, 0.1) is 0 Å². The van der Waals surface area contributed by atoms with E-state index < -0.39 is 0 Å². The highest BCUT2D eigenvalue weighted by Crippen LogP contribution is 2.27. The normalized spacial score (nSPS) is 10.5. The predicted octanol–water partition coefficient (Wildman–Crippen LogP) is 1.85. The van der Waals surface area contributed by atoms with Gasteiger partial charge in [-0.2, -0.15) is 4.37 Å². The monoisotopic (exact) mass is 195 g/mol. The third-order valence-corrected chi connectivity index (χ3v) is 2.43. The Kier molecular flexibility index (Phi) is 2.03. The molecule has 0 unspecified atom stereocenters. The van der Waals surface area contributed by atoms with Gasteiger partial charge in [0.2, 0.25) is 0 Å². The minimum Gasteiger partial charge on any atom is -0.389 e. The van der Waals surface area contributed by atoms with E-state index in [1.54, 1.807) is 7.11 Å². The Morgan fingerprint density at radius 3 is 3.15 bits per heavy atom. The van der Waals surface area contributed by atoms with E-state index in [9.17, 15) is 0 Å². The fourth-order valence-electron chi connectivity index (χ4n) is 1.14. The molecule has 2 aromatic rings. The molecule has 0 aliphatic rings. The van der Waals surface area contributed by atoms with E-state index in [-0.39, 0.29) is 0 Å². The average Bonchev–Trinajstić information content (AvgIpc) is 2.49. The van der Waals surface area contributed by atoms with Gasteiger partial charge in [0.25, 0.3) is 0 Å². The summed E-state index contributed by atoms with van der Waals surface area (Å²) in [6.07, 6.45) is 0. The van der Waals surface area contributed by atoms with E-state index in [0.717, 1.165) is 21.6 Å². The van der Waals surface area contributed by atoms with Gasteiger partial charge in [-0.3, -0.25) is 10.3 Å². The van der Waals surface area contributed by atoms with Crippen molar-refractivity contribution in [3.05, 3.63) is 18.2 Å². The second kappa shape index (κ2) is 3.20. The molecule has 13 heavy (non-hydrogen) atoms. The topological polar surface area (TPSA) is 60.2 Å². The van der Waals surface area contributed by atoms with Crippen molar-refractivity contribution >= 4 is 33.1 Å². The number of hydrogen-bond donors (Lipinski definition) is 2. The Bertz CT molecular complexity index is 426. The molecule has 2 rings (SSSR count). The Balaban J connectivity index is 2.53. The second-order valence-corrected chi connectivity index (χ2v) is 3.39. The molecule has 0 atom stereocenters. The number of anilines is 2. The summed E-state index contributed by atoms with van der Waals surface area (Å²) in [6, 6.07) is 5.71. The molecular weight excluding hydrogens is 186 g/mol. The number of nitrogen functional groups attached to an aromatic ring is 1. The number of benzene rings is 1. The third-order valence-electron chi connectivity index (χ3n) is 1.72. The lowest BCUT2D eigenvalue weighted by atomic mass is 10.2. The Hall–Kier alpha value is -1.33. The first-order valence-electron chi connectivity index (χ1n) is 3.75. The number of hydrogen-bond acceptors (Lipinski definition) is 5. The molecule has 0 fully saturated rings. The van der Waals surface area contributed by atoms with E-state index in [0.29, 0.717) is 0 Å². The van der Waals surface area contributed by atoms with Crippen molar-refractivity contribution in [3.8, 4) is 0 Å². The number of nitrogens with one attached hydrogen (secondary N) is 1. The predicted molar refractivity (Wildman–Crippen MR) is 54.7 cm³/mol. The largest absolute Gasteiger partial charge is 0.389 e. The minimum atomic E-state index is 0.731. The summed E-state index contributed by atoms with van der Waals surface area (Å²) >= 11 is 1.30. The van der Waals surface area contributed by atoms with Gasteiger partial charge in [-0.1, -0.05) is 0 Å². The van der Waals surface area contributed by atoms with E-state index in [2.05, 4.69) is 9.85 Å². The average molecular weight is 195 g/mol. The molecule has 0 bridgehead atoms. The highest BCUT2D eigenvalue weighted by Gasteiger charge is 2.02. The summed E-state index contributed by atoms with van der Waals surface area (Å²) in [5.41, 5.74) is 10.3. The van der Waals surface area contributed by atoms with Crippen molar-refractivity contribution in [2.24, 2.45) is 0 Å². The van der Waals surface area contributed by atoms with E-state index in [1.165, 1.54) is 11.5 Å². The quantitative estimate of drug-likeness (QED) is 0.718. The zero-order valence-corrected chi connectivity index (χ0v) is 7.89. The molecule has 0 aliphatic carbocycles. The fraction of sp³-hybridized carbons (Fsp3) is 0.125. The van der Waals surface area contributed by atoms with Gasteiger partial charge in [0.1, 0.15) is 5.00 Å². The van der Waals surface area contributed by atoms with Gasteiger partial charge < -0.3 is 5.73 Å². The van der Waals surface area contributed by atoms with Gasteiger partial charge in [-0.05, 0) is 29.7 Å². The van der Waals surface area contributed by atoms with Crippen molar-refractivity contribution in [2.45, 2.75) is 0 Å². The minimum absolute atomic E-state index is 0.731.